The summed E-state index contributed by atoms with van der Waals surface area (Å²) in [5.74, 6) is -0.585. The summed E-state index contributed by atoms with van der Waals surface area (Å²) in [6.07, 6.45) is 1.05. The number of amides is 1. The quantitative estimate of drug-likeness (QED) is 0.128. The van der Waals surface area contributed by atoms with Crippen molar-refractivity contribution in [3.05, 3.63) is 71.8 Å². The third kappa shape index (κ3) is 42.7. The van der Waals surface area contributed by atoms with Crippen molar-refractivity contribution in [2.24, 2.45) is 5.73 Å². The van der Waals surface area contributed by atoms with Crippen molar-refractivity contribution in [2.75, 3.05) is 67.9 Å². The Kier molecular flexibility index (Phi) is 23.2. The van der Waals surface area contributed by atoms with E-state index in [1.54, 1.807) is 20.8 Å². The molecule has 18 heteroatoms. The molecule has 0 saturated heterocycles. The summed E-state index contributed by atoms with van der Waals surface area (Å²) < 4.78 is 71.6. The summed E-state index contributed by atoms with van der Waals surface area (Å²) in [4.78, 5) is 35.8. The molecule has 53 heavy (non-hydrogen) atoms. The zero-order valence-corrected chi connectivity index (χ0v) is 34.5. The van der Waals surface area contributed by atoms with Crippen LogP contribution in [0.25, 0.3) is 0 Å². The van der Waals surface area contributed by atoms with Crippen molar-refractivity contribution in [2.45, 2.75) is 64.5 Å². The minimum Gasteiger partial charge on any atom is -0.748 e. The summed E-state index contributed by atoms with van der Waals surface area (Å²) in [6, 6.07) is 18.6. The van der Waals surface area contributed by atoms with Crippen LogP contribution in [0.15, 0.2) is 60.7 Å². The Morgan fingerprint density at radius 1 is 0.698 bits per heavy atom. The Labute approximate surface area is 316 Å². The van der Waals surface area contributed by atoms with Crippen molar-refractivity contribution in [1.82, 2.24) is 5.32 Å². The first kappa shape index (κ1) is 51.5. The number of benzene rings is 2. The Morgan fingerprint density at radius 3 is 1.36 bits per heavy atom. The topological polar surface area (TPSA) is 231 Å². The van der Waals surface area contributed by atoms with Gasteiger partial charge in [0.05, 0.1) is 101 Å². The molecule has 0 bridgehead atoms. The van der Waals surface area contributed by atoms with Crippen molar-refractivity contribution in [1.29, 1.82) is 0 Å². The lowest BCUT2D eigenvalue weighted by molar-refractivity contribution is -0.871. The van der Waals surface area contributed by atoms with E-state index in [1.807, 2.05) is 81.8 Å². The van der Waals surface area contributed by atoms with Gasteiger partial charge in [0.1, 0.15) is 18.8 Å². The molecule has 0 aliphatic rings. The van der Waals surface area contributed by atoms with Gasteiger partial charge in [0.25, 0.3) is 0 Å². The number of esters is 2. The molecule has 3 N–H and O–H groups in total. The van der Waals surface area contributed by atoms with Crippen LogP contribution in [0, 0.1) is 0 Å². The smallest absolute Gasteiger partial charge is 0.408 e. The summed E-state index contributed by atoms with van der Waals surface area (Å²) >= 11 is 0. The molecule has 304 valence electrons. The average Bonchev–Trinajstić information content (AvgIpc) is 2.92. The van der Waals surface area contributed by atoms with Crippen LogP contribution in [0.3, 0.4) is 0 Å². The Morgan fingerprint density at radius 2 is 1.04 bits per heavy atom. The molecule has 0 radical (unpaired) electrons. The van der Waals surface area contributed by atoms with Gasteiger partial charge in [0.15, 0.2) is 0 Å². The fraction of sp³-hybridized carbons (Fsp3) is 0.571. The maximum absolute atomic E-state index is 12.2. The van der Waals surface area contributed by atoms with Gasteiger partial charge in [-0.2, -0.15) is 0 Å². The van der Waals surface area contributed by atoms with Gasteiger partial charge in [0.2, 0.25) is 0 Å². The third-order valence-electron chi connectivity index (χ3n) is 5.60. The molecule has 0 fully saturated rings. The van der Waals surface area contributed by atoms with E-state index in [0.717, 1.165) is 22.2 Å². The number of rotatable bonds is 13. The van der Waals surface area contributed by atoms with Crippen LogP contribution in [-0.4, -0.2) is 139 Å². The first-order valence-electron chi connectivity index (χ1n) is 16.4. The zero-order chi connectivity index (χ0) is 41.7. The highest BCUT2D eigenvalue weighted by atomic mass is 32.2. The van der Waals surface area contributed by atoms with Gasteiger partial charge in [-0.15, -0.1) is 0 Å². The normalized spacial score (nSPS) is 12.8. The molecule has 16 nitrogen and oxygen atoms in total. The van der Waals surface area contributed by atoms with E-state index in [0.29, 0.717) is 30.1 Å². The number of nitrogens with two attached hydrogens (primary N) is 1. The number of alkyl carbamates (subject to hydrolysis) is 1. The highest BCUT2D eigenvalue weighted by Crippen LogP contribution is 2.10. The monoisotopic (exact) mass is 792 g/mol. The second-order valence-corrected chi connectivity index (χ2v) is 18.0. The molecule has 2 rings (SSSR count). The first-order chi connectivity index (χ1) is 23.8. The highest BCUT2D eigenvalue weighted by molar-refractivity contribution is 7.85. The standard InChI is InChI=1S/C19H30N2O4.C14H23N2O2.2CH4O3S/c1-19(2,3)25-18(23)20-16(13-21(4,5)6)12-17(22)24-14-15-10-8-7-9-11-15;1-16(2,3)10-13(15)9-14(17)18-11-12-7-5-4-6-8-12;2*1-5(2,3)4/h7-11,16H,12-14H2,1-6H3;4-8,13H,9-11,15H2,1-3H3;2*1H3,(H,2,3,4)/q;+1;;/p-1/t16-;13-;;/m11../s1. The SMILES string of the molecule is CC(C)(C)OC(=O)N[C@H](CC(=O)OCc1ccccc1)C[N+](C)(C)C.CS(=O)(=O)[O-].CS(=O)(=O)[O-].C[N+](C)(C)C[C@H](N)CC(=O)OCc1ccccc1. The predicted molar refractivity (Wildman–Crippen MR) is 200 cm³/mol. The van der Waals surface area contributed by atoms with Crippen LogP contribution in [0.2, 0.25) is 0 Å². The molecule has 0 heterocycles. The lowest BCUT2D eigenvalue weighted by atomic mass is 10.2. The summed E-state index contributed by atoms with van der Waals surface area (Å²) in [6.45, 7) is 7.28. The largest absolute Gasteiger partial charge is 0.748 e. The molecule has 0 spiro atoms. The van der Waals surface area contributed by atoms with Crippen LogP contribution < -0.4 is 11.1 Å². The van der Waals surface area contributed by atoms with E-state index < -0.39 is 31.9 Å². The molecule has 0 aliphatic heterocycles. The van der Waals surface area contributed by atoms with Gasteiger partial charge in [0, 0.05) is 12.5 Å². The van der Waals surface area contributed by atoms with Gasteiger partial charge < -0.3 is 43.3 Å². The summed E-state index contributed by atoms with van der Waals surface area (Å²) in [7, 11) is 4.32. The second-order valence-electron chi connectivity index (χ2n) is 15.2. The summed E-state index contributed by atoms with van der Waals surface area (Å²) in [5, 5.41) is 2.78. The van der Waals surface area contributed by atoms with Crippen LogP contribution >= 0.6 is 0 Å². The van der Waals surface area contributed by atoms with E-state index in [9.17, 15) is 14.4 Å². The van der Waals surface area contributed by atoms with Gasteiger partial charge in [-0.25, -0.2) is 21.6 Å². The predicted octanol–water partition coefficient (Wildman–Crippen LogP) is 2.20. The zero-order valence-electron chi connectivity index (χ0n) is 32.9. The Bertz CT molecular complexity index is 1520. The van der Waals surface area contributed by atoms with E-state index in [1.165, 1.54) is 0 Å². The van der Waals surface area contributed by atoms with E-state index in [4.69, 9.17) is 45.9 Å². The van der Waals surface area contributed by atoms with Gasteiger partial charge >= 0.3 is 18.0 Å². The molecule has 1 amide bonds. The minimum absolute atomic E-state index is 0.0988. The average molecular weight is 793 g/mol. The minimum atomic E-state index is -3.92. The molecule has 2 atom stereocenters. The molecule has 0 unspecified atom stereocenters. The van der Waals surface area contributed by atoms with Crippen molar-refractivity contribution < 1.29 is 63.5 Å². The molecule has 2 aromatic carbocycles. The number of likely N-dealkylation sites (N-methyl/N-ethyl adjacent to an activating group) is 2. The molecular formula is C35H60N4O12S2. The molecular weight excluding hydrogens is 733 g/mol. The van der Waals surface area contributed by atoms with Gasteiger partial charge in [-0.05, 0) is 31.9 Å². The lowest BCUT2D eigenvalue weighted by Crippen LogP contribution is -2.50. The Hall–Kier alpha value is -3.65. The van der Waals surface area contributed by atoms with Crippen LogP contribution in [0.1, 0.15) is 44.7 Å². The van der Waals surface area contributed by atoms with Crippen LogP contribution in [0.4, 0.5) is 4.79 Å². The maximum atomic E-state index is 12.2. The van der Waals surface area contributed by atoms with E-state index in [2.05, 4.69) is 26.5 Å². The van der Waals surface area contributed by atoms with Gasteiger partial charge in [-0.3, -0.25) is 9.59 Å². The van der Waals surface area contributed by atoms with Crippen LogP contribution in [0.5, 0.6) is 0 Å². The Balaban J connectivity index is 0. The number of hydrogen-bond donors (Lipinski definition) is 2. The van der Waals surface area contributed by atoms with E-state index in [-0.39, 0.29) is 43.5 Å². The number of ether oxygens (including phenoxy) is 3. The fourth-order valence-corrected chi connectivity index (χ4v) is 4.07. The summed E-state index contributed by atoms with van der Waals surface area (Å²) in [5.41, 5.74) is 7.25. The molecule has 0 aliphatic carbocycles. The van der Waals surface area contributed by atoms with Crippen molar-refractivity contribution >= 4 is 38.3 Å². The molecule has 0 saturated carbocycles. The number of nitrogens with zero attached hydrogens (tertiary/aromatic N) is 2. The number of quaternary nitrogens is 2. The first-order valence-corrected chi connectivity index (χ1v) is 20.0. The van der Waals surface area contributed by atoms with Crippen molar-refractivity contribution in [3.8, 4) is 0 Å². The number of carbonyl (C=O) groups is 3. The van der Waals surface area contributed by atoms with Gasteiger partial charge in [-0.1, -0.05) is 60.7 Å². The fourth-order valence-electron chi connectivity index (χ4n) is 4.07. The van der Waals surface area contributed by atoms with E-state index >= 15 is 0 Å². The maximum Gasteiger partial charge on any atom is 0.408 e. The highest BCUT2D eigenvalue weighted by Gasteiger charge is 2.26. The number of nitrogens with one attached hydrogen (secondary N) is 1. The molecule has 2 aromatic rings. The number of carbonyl (C=O) groups excluding carboxylic acids is 3. The van der Waals surface area contributed by atoms with Crippen molar-refractivity contribution in [3.63, 3.8) is 0 Å². The molecule has 0 aromatic heterocycles. The number of hydrogen-bond acceptors (Lipinski definition) is 13. The lowest BCUT2D eigenvalue weighted by Gasteiger charge is -2.30. The third-order valence-corrected chi connectivity index (χ3v) is 5.60. The van der Waals surface area contributed by atoms with Crippen LogP contribution in [-0.2, 0) is 57.2 Å². The second kappa shape index (κ2) is 23.9.